The number of nitrogens with zero attached hydrogens (tertiary/aromatic N) is 3. The van der Waals surface area contributed by atoms with E-state index in [0.29, 0.717) is 16.3 Å². The van der Waals surface area contributed by atoms with Crippen LogP contribution in [0.15, 0.2) is 53.6 Å². The van der Waals surface area contributed by atoms with Gasteiger partial charge in [0.1, 0.15) is 5.82 Å². The third-order valence-electron chi connectivity index (χ3n) is 6.22. The van der Waals surface area contributed by atoms with Crippen LogP contribution in [-0.4, -0.2) is 53.8 Å². The van der Waals surface area contributed by atoms with Gasteiger partial charge in [0.2, 0.25) is 0 Å². The number of hydrogen-bond acceptors (Lipinski definition) is 6. The number of imide groups is 1. The van der Waals surface area contributed by atoms with Crippen LogP contribution in [0.5, 0.6) is 0 Å². The van der Waals surface area contributed by atoms with Crippen LogP contribution in [0.2, 0.25) is 0 Å². The van der Waals surface area contributed by atoms with Gasteiger partial charge in [0.15, 0.2) is 0 Å². The Bertz CT molecular complexity index is 1300. The van der Waals surface area contributed by atoms with Crippen molar-refractivity contribution in [2.75, 3.05) is 37.6 Å². The van der Waals surface area contributed by atoms with Gasteiger partial charge in [-0.1, -0.05) is 31.2 Å². The van der Waals surface area contributed by atoms with Crippen molar-refractivity contribution < 1.29 is 14.0 Å². The summed E-state index contributed by atoms with van der Waals surface area (Å²) in [5.41, 5.74) is 2.87. The minimum atomic E-state index is -0.418. The van der Waals surface area contributed by atoms with Gasteiger partial charge in [0.05, 0.1) is 16.3 Å². The van der Waals surface area contributed by atoms with Crippen LogP contribution in [0.3, 0.4) is 0 Å². The van der Waals surface area contributed by atoms with E-state index in [-0.39, 0.29) is 11.1 Å². The van der Waals surface area contributed by atoms with Crippen molar-refractivity contribution in [3.8, 4) is 11.1 Å². The van der Waals surface area contributed by atoms with E-state index in [9.17, 15) is 9.59 Å². The van der Waals surface area contributed by atoms with E-state index in [1.54, 1.807) is 18.3 Å². The van der Waals surface area contributed by atoms with Crippen molar-refractivity contribution in [3.63, 3.8) is 0 Å². The molecule has 2 saturated heterocycles. The lowest BCUT2D eigenvalue weighted by atomic mass is 9.98. The smallest absolute Gasteiger partial charge is 0.290 e. The molecule has 0 spiro atoms. The van der Waals surface area contributed by atoms with Crippen LogP contribution in [0.25, 0.3) is 28.0 Å². The minimum absolute atomic E-state index is 0.229. The van der Waals surface area contributed by atoms with Crippen molar-refractivity contribution in [3.05, 3.63) is 65.1 Å². The molecule has 2 amide bonds. The van der Waals surface area contributed by atoms with E-state index in [1.807, 2.05) is 36.4 Å². The van der Waals surface area contributed by atoms with E-state index >= 15 is 4.39 Å². The topological polar surface area (TPSA) is 65.5 Å². The number of rotatable bonds is 5. The summed E-state index contributed by atoms with van der Waals surface area (Å²) in [5, 5.41) is 3.68. The summed E-state index contributed by atoms with van der Waals surface area (Å²) in [7, 11) is 0. The highest BCUT2D eigenvalue weighted by Crippen LogP contribution is 2.33. The van der Waals surface area contributed by atoms with Crippen LogP contribution in [0.4, 0.5) is 14.9 Å². The number of aromatic nitrogens is 1. The highest BCUT2D eigenvalue weighted by atomic mass is 32.2. The fraction of sp³-hybridized carbons (Fsp3) is 0.269. The van der Waals surface area contributed by atoms with Crippen LogP contribution in [0, 0.1) is 5.82 Å². The SMILES string of the molecule is CCCN1CCN(c2ccc(-c3cccc4cnc(C=C5SC(=O)NC5=O)cc34)cc2F)CC1. The molecule has 0 atom stereocenters. The lowest BCUT2D eigenvalue weighted by Crippen LogP contribution is -2.46. The number of amides is 2. The van der Waals surface area contributed by atoms with Gasteiger partial charge in [0.25, 0.3) is 11.1 Å². The standard InChI is InChI=1S/C26H25FN4O2S/c1-2-8-30-9-11-31(12-10-30)23-7-6-17(13-22(23)27)20-5-3-4-18-16-28-19(14-21(18)20)15-24-25(32)29-26(33)34-24/h3-7,13-16H,2,8-12H2,1H3,(H,29,32,33). The molecule has 5 rings (SSSR count). The molecule has 8 heteroatoms. The van der Waals surface area contributed by atoms with Crippen molar-refractivity contribution in [2.24, 2.45) is 0 Å². The first-order valence-electron chi connectivity index (χ1n) is 11.4. The van der Waals surface area contributed by atoms with Crippen LogP contribution < -0.4 is 10.2 Å². The molecule has 34 heavy (non-hydrogen) atoms. The molecule has 0 unspecified atom stereocenters. The second-order valence-electron chi connectivity index (χ2n) is 8.48. The molecule has 0 bridgehead atoms. The average molecular weight is 477 g/mol. The van der Waals surface area contributed by atoms with E-state index < -0.39 is 5.91 Å². The number of benzene rings is 2. The monoisotopic (exact) mass is 476 g/mol. The molecule has 174 valence electrons. The molecule has 2 aromatic carbocycles. The van der Waals surface area contributed by atoms with Gasteiger partial charge in [-0.15, -0.1) is 0 Å². The van der Waals surface area contributed by atoms with Crippen LogP contribution in [-0.2, 0) is 4.79 Å². The molecule has 2 aliphatic rings. The van der Waals surface area contributed by atoms with Gasteiger partial charge in [-0.25, -0.2) is 4.39 Å². The second kappa shape index (κ2) is 9.56. The Morgan fingerprint density at radius 2 is 1.94 bits per heavy atom. The summed E-state index contributed by atoms with van der Waals surface area (Å²) in [6.07, 6.45) is 4.46. The van der Waals surface area contributed by atoms with Gasteiger partial charge in [0, 0.05) is 37.8 Å². The maximum Gasteiger partial charge on any atom is 0.290 e. The Hall–Kier alpha value is -3.23. The van der Waals surface area contributed by atoms with E-state index in [1.165, 1.54) is 0 Å². The third kappa shape index (κ3) is 4.56. The molecule has 3 heterocycles. The number of fused-ring (bicyclic) bond motifs is 1. The quantitative estimate of drug-likeness (QED) is 0.529. The van der Waals surface area contributed by atoms with Gasteiger partial charge in [-0.3, -0.25) is 24.8 Å². The first-order chi connectivity index (χ1) is 16.5. The zero-order valence-electron chi connectivity index (χ0n) is 18.9. The number of carbonyl (C=O) groups is 2. The molecule has 6 nitrogen and oxygen atoms in total. The second-order valence-corrected chi connectivity index (χ2v) is 9.50. The Morgan fingerprint density at radius 1 is 1.12 bits per heavy atom. The highest BCUT2D eigenvalue weighted by Gasteiger charge is 2.25. The van der Waals surface area contributed by atoms with Crippen LogP contribution >= 0.6 is 11.8 Å². The largest absolute Gasteiger partial charge is 0.367 e. The summed E-state index contributed by atoms with van der Waals surface area (Å²) in [4.78, 5) is 32.6. The maximum absolute atomic E-state index is 15.2. The predicted octanol–water partition coefficient (Wildman–Crippen LogP) is 4.90. The van der Waals surface area contributed by atoms with Gasteiger partial charge < -0.3 is 4.90 Å². The number of piperazine rings is 1. The molecule has 0 aliphatic carbocycles. The summed E-state index contributed by atoms with van der Waals surface area (Å²) >= 11 is 0.859. The molecular formula is C26H25FN4O2S. The van der Waals surface area contributed by atoms with E-state index in [0.717, 1.165) is 72.8 Å². The number of hydrogen-bond donors (Lipinski definition) is 1. The summed E-state index contributed by atoms with van der Waals surface area (Å²) in [6.45, 7) is 6.81. The summed E-state index contributed by atoms with van der Waals surface area (Å²) in [5.74, 6) is -0.647. The van der Waals surface area contributed by atoms with Gasteiger partial charge >= 0.3 is 0 Å². The van der Waals surface area contributed by atoms with Crippen molar-refractivity contribution in [1.82, 2.24) is 15.2 Å². The van der Waals surface area contributed by atoms with Gasteiger partial charge in [-0.05, 0) is 65.5 Å². The molecule has 0 saturated carbocycles. The molecule has 0 radical (unpaired) electrons. The zero-order valence-corrected chi connectivity index (χ0v) is 19.7. The molecule has 2 aliphatic heterocycles. The third-order valence-corrected chi connectivity index (χ3v) is 7.03. The predicted molar refractivity (Wildman–Crippen MR) is 135 cm³/mol. The van der Waals surface area contributed by atoms with E-state index in [4.69, 9.17) is 0 Å². The Labute approximate surface area is 201 Å². The van der Waals surface area contributed by atoms with Crippen molar-refractivity contribution in [1.29, 1.82) is 0 Å². The Kier molecular flexibility index (Phi) is 6.34. The fourth-order valence-corrected chi connectivity index (χ4v) is 5.20. The van der Waals surface area contributed by atoms with E-state index in [2.05, 4.69) is 27.0 Å². The average Bonchev–Trinajstić information content (AvgIpc) is 3.15. The number of pyridine rings is 1. The molecule has 2 fully saturated rings. The first kappa shape index (κ1) is 22.6. The Balaban J connectivity index is 1.45. The number of halogens is 1. The maximum atomic E-state index is 15.2. The van der Waals surface area contributed by atoms with Crippen molar-refractivity contribution in [2.45, 2.75) is 13.3 Å². The number of nitrogens with one attached hydrogen (secondary N) is 1. The molecular weight excluding hydrogens is 451 g/mol. The molecule has 1 N–H and O–H groups in total. The molecule has 1 aromatic heterocycles. The zero-order chi connectivity index (χ0) is 23.7. The Morgan fingerprint density at radius 3 is 2.65 bits per heavy atom. The highest BCUT2D eigenvalue weighted by molar-refractivity contribution is 8.18. The first-order valence-corrected chi connectivity index (χ1v) is 12.2. The van der Waals surface area contributed by atoms with Crippen LogP contribution in [0.1, 0.15) is 19.0 Å². The number of carbonyl (C=O) groups excluding carboxylic acids is 2. The summed E-state index contributed by atoms with van der Waals surface area (Å²) < 4.78 is 15.2. The number of anilines is 1. The lowest BCUT2D eigenvalue weighted by molar-refractivity contribution is -0.115. The normalized spacial score (nSPS) is 18.2. The lowest BCUT2D eigenvalue weighted by Gasteiger charge is -2.36. The van der Waals surface area contributed by atoms with Gasteiger partial charge in [-0.2, -0.15) is 0 Å². The minimum Gasteiger partial charge on any atom is -0.367 e. The number of thioether (sulfide) groups is 1. The molecule has 3 aromatic rings. The summed E-state index contributed by atoms with van der Waals surface area (Å²) in [6, 6.07) is 13.1. The van der Waals surface area contributed by atoms with Crippen molar-refractivity contribution >= 4 is 45.4 Å². The fourth-order valence-electron chi connectivity index (χ4n) is 4.53.